The van der Waals surface area contributed by atoms with Crippen LogP contribution < -0.4 is 0 Å². The SMILES string of the molecule is CC/C=C\C/C=C\C/C=C\C/C=C\CCCCCCCCCCCCC(=O)OC(COC(=O)CCCCCCC/C=C\CCCCCCCC)COC(=O)CCCCCCCCCCCCCCCCCCCCCCCCCC. The lowest BCUT2D eigenvalue weighted by Gasteiger charge is -2.18. The van der Waals surface area contributed by atoms with E-state index in [0.717, 1.165) is 89.9 Å². The molecule has 0 saturated heterocycles. The fraction of sp³-hybridized carbons (Fsp3) is 0.824. The van der Waals surface area contributed by atoms with Crippen LogP contribution in [0.3, 0.4) is 0 Å². The van der Waals surface area contributed by atoms with Crippen LogP contribution >= 0.6 is 0 Å². The molecule has 0 fully saturated rings. The smallest absolute Gasteiger partial charge is 0.306 e. The Balaban J connectivity index is 4.30. The van der Waals surface area contributed by atoms with Gasteiger partial charge in [-0.2, -0.15) is 0 Å². The van der Waals surface area contributed by atoms with Gasteiger partial charge in [-0.3, -0.25) is 14.4 Å². The van der Waals surface area contributed by atoms with Crippen LogP contribution in [0.2, 0.25) is 0 Å². The van der Waals surface area contributed by atoms with Crippen molar-refractivity contribution in [1.82, 2.24) is 0 Å². The Hall–Kier alpha value is -2.89. The van der Waals surface area contributed by atoms with Gasteiger partial charge in [-0.25, -0.2) is 0 Å². The van der Waals surface area contributed by atoms with Crippen LogP contribution in [0, 0.1) is 0 Å². The Bertz CT molecular complexity index is 1430. The lowest BCUT2D eigenvalue weighted by molar-refractivity contribution is -0.167. The Morgan fingerprint density at radius 2 is 0.487 bits per heavy atom. The van der Waals surface area contributed by atoms with Gasteiger partial charge in [-0.1, -0.05) is 332 Å². The lowest BCUT2D eigenvalue weighted by atomic mass is 10.0. The van der Waals surface area contributed by atoms with Gasteiger partial charge in [0.1, 0.15) is 13.2 Å². The molecule has 6 heteroatoms. The van der Waals surface area contributed by atoms with Gasteiger partial charge in [-0.05, 0) is 83.5 Å². The van der Waals surface area contributed by atoms with Crippen molar-refractivity contribution in [2.45, 2.75) is 380 Å². The highest BCUT2D eigenvalue weighted by molar-refractivity contribution is 5.71. The van der Waals surface area contributed by atoms with Crippen molar-refractivity contribution in [2.24, 2.45) is 0 Å². The highest BCUT2D eigenvalue weighted by Gasteiger charge is 2.19. The third-order valence-electron chi connectivity index (χ3n) is 15.8. The molecule has 0 saturated carbocycles. The average molecular weight is 1120 g/mol. The van der Waals surface area contributed by atoms with E-state index in [4.69, 9.17) is 14.2 Å². The first-order chi connectivity index (χ1) is 39.5. The Kier molecular flexibility index (Phi) is 66.1. The molecular formula is C74H134O6. The molecule has 0 aromatic carbocycles. The third kappa shape index (κ3) is 65.9. The molecule has 0 amide bonds. The molecule has 0 heterocycles. The molecule has 0 aromatic heterocycles. The van der Waals surface area contributed by atoms with Gasteiger partial charge < -0.3 is 14.2 Å². The lowest BCUT2D eigenvalue weighted by Crippen LogP contribution is -2.30. The Morgan fingerprint density at radius 3 is 0.775 bits per heavy atom. The number of hydrogen-bond donors (Lipinski definition) is 0. The van der Waals surface area contributed by atoms with Crippen molar-refractivity contribution < 1.29 is 28.6 Å². The summed E-state index contributed by atoms with van der Waals surface area (Å²) in [5.74, 6) is -0.863. The van der Waals surface area contributed by atoms with Gasteiger partial charge >= 0.3 is 17.9 Å². The van der Waals surface area contributed by atoms with Gasteiger partial charge in [0, 0.05) is 19.3 Å². The van der Waals surface area contributed by atoms with Crippen LogP contribution in [0.5, 0.6) is 0 Å². The number of carbonyl (C=O) groups is 3. The predicted octanol–water partition coefficient (Wildman–Crippen LogP) is 24.3. The van der Waals surface area contributed by atoms with Crippen LogP contribution in [0.1, 0.15) is 374 Å². The van der Waals surface area contributed by atoms with E-state index >= 15 is 0 Å². The fourth-order valence-corrected chi connectivity index (χ4v) is 10.5. The largest absolute Gasteiger partial charge is 0.462 e. The van der Waals surface area contributed by atoms with E-state index in [-0.39, 0.29) is 31.1 Å². The minimum absolute atomic E-state index is 0.0743. The van der Waals surface area contributed by atoms with E-state index in [1.165, 1.54) is 244 Å². The summed E-state index contributed by atoms with van der Waals surface area (Å²) in [7, 11) is 0. The molecule has 80 heavy (non-hydrogen) atoms. The summed E-state index contributed by atoms with van der Waals surface area (Å²) in [6.45, 7) is 6.58. The van der Waals surface area contributed by atoms with E-state index in [0.29, 0.717) is 19.3 Å². The summed E-state index contributed by atoms with van der Waals surface area (Å²) < 4.78 is 17.0. The van der Waals surface area contributed by atoms with Gasteiger partial charge in [0.05, 0.1) is 0 Å². The summed E-state index contributed by atoms with van der Waals surface area (Å²) in [6.07, 6.45) is 88.2. The molecule has 0 bridgehead atoms. The van der Waals surface area contributed by atoms with Crippen LogP contribution in [0.25, 0.3) is 0 Å². The van der Waals surface area contributed by atoms with Gasteiger partial charge in [0.25, 0.3) is 0 Å². The van der Waals surface area contributed by atoms with Crippen molar-refractivity contribution in [2.75, 3.05) is 13.2 Å². The number of allylic oxidation sites excluding steroid dienone is 10. The van der Waals surface area contributed by atoms with E-state index in [2.05, 4.69) is 81.5 Å². The van der Waals surface area contributed by atoms with Crippen LogP contribution in [0.15, 0.2) is 60.8 Å². The number of rotatable bonds is 65. The van der Waals surface area contributed by atoms with Crippen molar-refractivity contribution in [1.29, 1.82) is 0 Å². The zero-order valence-electron chi connectivity index (χ0n) is 53.6. The van der Waals surface area contributed by atoms with Gasteiger partial charge in [0.2, 0.25) is 0 Å². The summed E-state index contributed by atoms with van der Waals surface area (Å²) in [5.41, 5.74) is 0. The molecule has 0 N–H and O–H groups in total. The summed E-state index contributed by atoms with van der Waals surface area (Å²) in [4.78, 5) is 38.5. The predicted molar refractivity (Wildman–Crippen MR) is 348 cm³/mol. The first kappa shape index (κ1) is 77.1. The maximum atomic E-state index is 13.0. The van der Waals surface area contributed by atoms with Crippen molar-refractivity contribution in [3.8, 4) is 0 Å². The van der Waals surface area contributed by atoms with Crippen molar-refractivity contribution in [3.05, 3.63) is 60.8 Å². The molecule has 0 aromatic rings. The number of carbonyl (C=O) groups excluding carboxylic acids is 3. The molecule has 0 spiro atoms. The third-order valence-corrected chi connectivity index (χ3v) is 15.8. The second kappa shape index (κ2) is 68.6. The number of ether oxygens (including phenoxy) is 3. The molecule has 0 aliphatic carbocycles. The highest BCUT2D eigenvalue weighted by Crippen LogP contribution is 2.18. The minimum atomic E-state index is -0.780. The number of esters is 3. The zero-order valence-corrected chi connectivity index (χ0v) is 53.6. The maximum Gasteiger partial charge on any atom is 0.306 e. The second-order valence-corrected chi connectivity index (χ2v) is 23.8. The molecule has 0 aliphatic heterocycles. The zero-order chi connectivity index (χ0) is 57.8. The Morgan fingerprint density at radius 1 is 0.263 bits per heavy atom. The van der Waals surface area contributed by atoms with Gasteiger partial charge in [-0.15, -0.1) is 0 Å². The van der Waals surface area contributed by atoms with Crippen LogP contribution in [-0.4, -0.2) is 37.2 Å². The highest BCUT2D eigenvalue weighted by atomic mass is 16.6. The first-order valence-corrected chi connectivity index (χ1v) is 35.3. The molecule has 1 atom stereocenters. The van der Waals surface area contributed by atoms with Crippen molar-refractivity contribution >= 4 is 17.9 Å². The maximum absolute atomic E-state index is 13.0. The quantitative estimate of drug-likeness (QED) is 0.0261. The summed E-state index contributed by atoms with van der Waals surface area (Å²) >= 11 is 0. The van der Waals surface area contributed by atoms with Crippen LogP contribution in [0.4, 0.5) is 0 Å². The second-order valence-electron chi connectivity index (χ2n) is 23.8. The van der Waals surface area contributed by atoms with E-state index in [1.807, 2.05) is 0 Å². The molecule has 0 aliphatic rings. The normalized spacial score (nSPS) is 12.4. The van der Waals surface area contributed by atoms with Crippen molar-refractivity contribution in [3.63, 3.8) is 0 Å². The fourth-order valence-electron chi connectivity index (χ4n) is 10.5. The average Bonchev–Trinajstić information content (AvgIpc) is 3.46. The molecule has 0 radical (unpaired) electrons. The molecular weight excluding hydrogens is 985 g/mol. The van der Waals surface area contributed by atoms with E-state index in [9.17, 15) is 14.4 Å². The number of hydrogen-bond acceptors (Lipinski definition) is 6. The molecule has 0 rings (SSSR count). The summed E-state index contributed by atoms with van der Waals surface area (Å²) in [6, 6.07) is 0. The van der Waals surface area contributed by atoms with Gasteiger partial charge in [0.15, 0.2) is 6.10 Å². The van der Waals surface area contributed by atoms with E-state index < -0.39 is 6.10 Å². The topological polar surface area (TPSA) is 78.9 Å². The van der Waals surface area contributed by atoms with Crippen LogP contribution in [-0.2, 0) is 28.6 Å². The number of unbranched alkanes of at least 4 members (excludes halogenated alkanes) is 44. The molecule has 6 nitrogen and oxygen atoms in total. The minimum Gasteiger partial charge on any atom is -0.462 e. The summed E-state index contributed by atoms with van der Waals surface area (Å²) in [5, 5.41) is 0. The first-order valence-electron chi connectivity index (χ1n) is 35.3. The molecule has 466 valence electrons. The van der Waals surface area contributed by atoms with E-state index in [1.54, 1.807) is 0 Å². The standard InChI is InChI=1S/C74H134O6/c1-4-7-10-13-16-19-22-25-28-30-32-34-36-38-39-41-43-46-49-52-55-58-61-64-67-73(76)79-70-71(69-78-72(75)66-63-60-57-54-51-48-45-27-24-21-18-15-12-9-6-3)80-74(77)68-65-62-59-56-53-50-47-44-42-40-37-35-33-31-29-26-23-20-17-14-11-8-5-2/h8,11,17,20,26-27,29,33,35,45,71H,4-7,9-10,12-16,18-19,21-25,28,30-32,34,36-44,46-70H2,1-3H3/b11-8-,20-17-,29-26-,35-33-,45-27-. The molecule has 1 unspecified atom stereocenters. The monoisotopic (exact) mass is 1120 g/mol. The Labute approximate surface area is 498 Å².